The molecule has 4 aromatic rings. The zero-order valence-corrected chi connectivity index (χ0v) is 13.5. The zero-order chi connectivity index (χ0) is 17.4. The second-order valence-corrected chi connectivity index (χ2v) is 5.76. The number of aromatic amines is 1. The van der Waals surface area contributed by atoms with Gasteiger partial charge in [0.25, 0.3) is 0 Å². The van der Waals surface area contributed by atoms with Crippen LogP contribution in [0.15, 0.2) is 54.7 Å². The Labute approximate surface area is 143 Å². The summed E-state index contributed by atoms with van der Waals surface area (Å²) in [4.78, 5) is 20.4. The van der Waals surface area contributed by atoms with Gasteiger partial charge in [0.2, 0.25) is 5.91 Å². The summed E-state index contributed by atoms with van der Waals surface area (Å²) in [5, 5.41) is 8.24. The van der Waals surface area contributed by atoms with Crippen molar-refractivity contribution in [3.63, 3.8) is 0 Å². The molecule has 0 spiro atoms. The molecule has 6 nitrogen and oxygen atoms in total. The Kier molecular flexibility index (Phi) is 3.50. The molecule has 0 unspecified atom stereocenters. The predicted octanol–water partition coefficient (Wildman–Crippen LogP) is 3.09. The summed E-state index contributed by atoms with van der Waals surface area (Å²) >= 11 is 0. The minimum atomic E-state index is -0.452. The van der Waals surface area contributed by atoms with Gasteiger partial charge in [0.1, 0.15) is 0 Å². The first-order chi connectivity index (χ1) is 12.1. The van der Waals surface area contributed by atoms with Crippen molar-refractivity contribution in [1.82, 2.24) is 20.2 Å². The third-order valence-corrected chi connectivity index (χ3v) is 4.11. The van der Waals surface area contributed by atoms with Crippen molar-refractivity contribution < 1.29 is 4.79 Å². The van der Waals surface area contributed by atoms with Crippen molar-refractivity contribution in [3.8, 4) is 22.5 Å². The Morgan fingerprint density at radius 1 is 1.08 bits per heavy atom. The molecule has 0 atom stereocenters. The fraction of sp³-hybridized carbons (Fsp3) is 0.0526. The number of hydrogen-bond donors (Lipinski definition) is 2. The standard InChI is InChI=1S/C19H15N5O/c1-11-17-14(15-4-2-3-9-21-15)10-16(22-19(17)24-23-11)12-5-7-13(8-6-12)18(20)25/h2-10H,1H3,(H2,20,25)(H,22,23,24). The first-order valence-electron chi connectivity index (χ1n) is 7.81. The molecule has 0 aliphatic rings. The number of carbonyl (C=O) groups excluding carboxylic acids is 1. The van der Waals surface area contributed by atoms with E-state index >= 15 is 0 Å². The summed E-state index contributed by atoms with van der Waals surface area (Å²) in [7, 11) is 0. The van der Waals surface area contributed by atoms with Gasteiger partial charge in [0, 0.05) is 28.6 Å². The van der Waals surface area contributed by atoms with Crippen LogP contribution in [0.4, 0.5) is 0 Å². The molecule has 6 heteroatoms. The van der Waals surface area contributed by atoms with Crippen molar-refractivity contribution in [2.45, 2.75) is 6.92 Å². The number of aromatic nitrogens is 4. The van der Waals surface area contributed by atoms with Crippen molar-refractivity contribution >= 4 is 16.9 Å². The topological polar surface area (TPSA) is 97.5 Å². The van der Waals surface area contributed by atoms with Crippen LogP contribution in [-0.4, -0.2) is 26.1 Å². The first-order valence-corrected chi connectivity index (χ1v) is 7.81. The van der Waals surface area contributed by atoms with Crippen molar-refractivity contribution in [2.24, 2.45) is 5.73 Å². The van der Waals surface area contributed by atoms with Gasteiger partial charge in [-0.2, -0.15) is 5.10 Å². The van der Waals surface area contributed by atoms with Gasteiger partial charge in [-0.1, -0.05) is 18.2 Å². The zero-order valence-electron chi connectivity index (χ0n) is 13.5. The summed E-state index contributed by atoms with van der Waals surface area (Å²) in [5.74, 6) is -0.452. The number of amides is 1. The molecule has 3 N–H and O–H groups in total. The lowest BCUT2D eigenvalue weighted by Crippen LogP contribution is -2.10. The highest BCUT2D eigenvalue weighted by Crippen LogP contribution is 2.31. The lowest BCUT2D eigenvalue weighted by Gasteiger charge is -2.07. The molecule has 25 heavy (non-hydrogen) atoms. The number of primary amides is 1. The molecule has 0 fully saturated rings. The minimum Gasteiger partial charge on any atom is -0.366 e. The number of benzene rings is 1. The van der Waals surface area contributed by atoms with E-state index in [1.807, 2.05) is 43.3 Å². The maximum Gasteiger partial charge on any atom is 0.248 e. The Bertz CT molecular complexity index is 1070. The van der Waals surface area contributed by atoms with Crippen LogP contribution in [0.2, 0.25) is 0 Å². The van der Waals surface area contributed by atoms with Crippen LogP contribution in [0.1, 0.15) is 16.1 Å². The highest BCUT2D eigenvalue weighted by molar-refractivity contribution is 5.96. The minimum absolute atomic E-state index is 0.452. The summed E-state index contributed by atoms with van der Waals surface area (Å²) in [6.07, 6.45) is 1.76. The van der Waals surface area contributed by atoms with E-state index in [0.29, 0.717) is 11.2 Å². The number of pyridine rings is 2. The predicted molar refractivity (Wildman–Crippen MR) is 95.8 cm³/mol. The van der Waals surface area contributed by atoms with Gasteiger partial charge in [-0.25, -0.2) is 4.98 Å². The number of nitrogens with two attached hydrogens (primary N) is 1. The molecular formula is C19H15N5O. The van der Waals surface area contributed by atoms with Crippen molar-refractivity contribution in [2.75, 3.05) is 0 Å². The molecule has 0 saturated carbocycles. The van der Waals surface area contributed by atoms with E-state index in [1.54, 1.807) is 18.3 Å². The molecule has 0 bridgehead atoms. The number of hydrogen-bond acceptors (Lipinski definition) is 4. The number of fused-ring (bicyclic) bond motifs is 1. The maximum atomic E-state index is 11.2. The second-order valence-electron chi connectivity index (χ2n) is 5.76. The maximum absolute atomic E-state index is 11.2. The highest BCUT2D eigenvalue weighted by atomic mass is 16.1. The average Bonchev–Trinajstić information content (AvgIpc) is 3.03. The lowest BCUT2D eigenvalue weighted by molar-refractivity contribution is 0.100. The van der Waals surface area contributed by atoms with E-state index in [9.17, 15) is 4.79 Å². The number of aryl methyl sites for hydroxylation is 1. The van der Waals surface area contributed by atoms with Crippen LogP contribution < -0.4 is 5.73 Å². The Morgan fingerprint density at radius 2 is 1.88 bits per heavy atom. The molecular weight excluding hydrogens is 314 g/mol. The molecule has 0 aliphatic carbocycles. The monoisotopic (exact) mass is 329 g/mol. The molecule has 0 radical (unpaired) electrons. The van der Waals surface area contributed by atoms with Crippen LogP contribution in [0.3, 0.4) is 0 Å². The number of H-pyrrole nitrogens is 1. The summed E-state index contributed by atoms with van der Waals surface area (Å²) in [6, 6.07) is 14.8. The van der Waals surface area contributed by atoms with Gasteiger partial charge < -0.3 is 5.73 Å². The molecule has 0 aliphatic heterocycles. The van der Waals surface area contributed by atoms with Gasteiger partial charge in [0.05, 0.1) is 16.8 Å². The normalized spacial score (nSPS) is 10.9. The summed E-state index contributed by atoms with van der Waals surface area (Å²) < 4.78 is 0. The molecule has 0 saturated heterocycles. The number of nitrogens with zero attached hydrogens (tertiary/aromatic N) is 3. The van der Waals surface area contributed by atoms with Crippen molar-refractivity contribution in [3.05, 3.63) is 66.0 Å². The van der Waals surface area contributed by atoms with E-state index in [0.717, 1.165) is 33.6 Å². The smallest absolute Gasteiger partial charge is 0.248 e. The van der Waals surface area contributed by atoms with E-state index in [4.69, 9.17) is 5.73 Å². The summed E-state index contributed by atoms with van der Waals surface area (Å²) in [6.45, 7) is 1.96. The van der Waals surface area contributed by atoms with Gasteiger partial charge in [-0.3, -0.25) is 14.9 Å². The lowest BCUT2D eigenvalue weighted by atomic mass is 10.0. The third kappa shape index (κ3) is 2.63. The van der Waals surface area contributed by atoms with Crippen LogP contribution >= 0.6 is 0 Å². The van der Waals surface area contributed by atoms with Gasteiger partial charge in [-0.05, 0) is 37.3 Å². The SMILES string of the molecule is Cc1[nH]nc2nc(-c3ccc(C(N)=O)cc3)cc(-c3ccccn3)c12. The van der Waals surface area contributed by atoms with Gasteiger partial charge in [0.15, 0.2) is 5.65 Å². The first kappa shape index (κ1) is 15.0. The highest BCUT2D eigenvalue weighted by Gasteiger charge is 2.14. The Morgan fingerprint density at radius 3 is 2.56 bits per heavy atom. The van der Waals surface area contributed by atoms with Crippen LogP contribution in [0.25, 0.3) is 33.5 Å². The number of rotatable bonds is 3. The number of nitrogens with one attached hydrogen (secondary N) is 1. The summed E-state index contributed by atoms with van der Waals surface area (Å²) in [5.41, 5.74) is 10.8. The Balaban J connectivity index is 1.93. The fourth-order valence-electron chi connectivity index (χ4n) is 2.85. The van der Waals surface area contributed by atoms with E-state index < -0.39 is 5.91 Å². The second kappa shape index (κ2) is 5.83. The van der Waals surface area contributed by atoms with E-state index in [2.05, 4.69) is 20.2 Å². The van der Waals surface area contributed by atoms with Gasteiger partial charge in [-0.15, -0.1) is 0 Å². The van der Waals surface area contributed by atoms with Crippen LogP contribution in [-0.2, 0) is 0 Å². The molecule has 3 aromatic heterocycles. The molecule has 1 aromatic carbocycles. The van der Waals surface area contributed by atoms with Crippen LogP contribution in [0, 0.1) is 6.92 Å². The number of carbonyl (C=O) groups is 1. The van der Waals surface area contributed by atoms with E-state index in [1.165, 1.54) is 0 Å². The molecule has 122 valence electrons. The van der Waals surface area contributed by atoms with Crippen molar-refractivity contribution in [1.29, 1.82) is 0 Å². The van der Waals surface area contributed by atoms with Gasteiger partial charge >= 0.3 is 0 Å². The third-order valence-electron chi connectivity index (χ3n) is 4.11. The molecule has 4 rings (SSSR count). The Hall–Kier alpha value is -3.54. The molecule has 1 amide bonds. The largest absolute Gasteiger partial charge is 0.366 e. The van der Waals surface area contributed by atoms with Crippen LogP contribution in [0.5, 0.6) is 0 Å². The van der Waals surface area contributed by atoms with E-state index in [-0.39, 0.29) is 0 Å². The average molecular weight is 329 g/mol. The molecule has 3 heterocycles. The quantitative estimate of drug-likeness (QED) is 0.603. The fourth-order valence-corrected chi connectivity index (χ4v) is 2.85.